The minimum atomic E-state index is 0.0567. The van der Waals surface area contributed by atoms with Crippen LogP contribution < -0.4 is 0 Å². The average Bonchev–Trinajstić information content (AvgIpc) is 2.61. The molecule has 2 bridgehead atoms. The lowest BCUT2D eigenvalue weighted by Crippen LogP contribution is -2.58. The van der Waals surface area contributed by atoms with E-state index in [-0.39, 0.29) is 24.0 Å². The van der Waals surface area contributed by atoms with Gasteiger partial charge in [-0.1, -0.05) is 12.2 Å². The number of hydrogen-bond acceptors (Lipinski definition) is 2. The van der Waals surface area contributed by atoms with Crippen molar-refractivity contribution in [1.82, 2.24) is 0 Å². The van der Waals surface area contributed by atoms with Gasteiger partial charge in [-0.2, -0.15) is 0 Å². The number of hydrogen-bond donors (Lipinski definition) is 2. The topological polar surface area (TPSA) is 40.5 Å². The number of aliphatic hydroxyl groups excluding tert-OH is 2. The van der Waals surface area contributed by atoms with E-state index in [2.05, 4.69) is 12.2 Å². The third kappa shape index (κ3) is 0.598. The fourth-order valence-electron chi connectivity index (χ4n) is 4.10. The maximum atomic E-state index is 9.52. The highest BCUT2D eigenvalue weighted by Gasteiger charge is 2.70. The first-order valence-corrected chi connectivity index (χ1v) is 5.19. The molecule has 0 saturated heterocycles. The van der Waals surface area contributed by atoms with Crippen LogP contribution in [0.1, 0.15) is 19.3 Å². The molecule has 0 aromatic heterocycles. The minimum absolute atomic E-state index is 0.0567. The first-order chi connectivity index (χ1) is 6.29. The highest BCUT2D eigenvalue weighted by atomic mass is 16.3. The summed E-state index contributed by atoms with van der Waals surface area (Å²) in [5.74, 6) is 1.09. The first kappa shape index (κ1) is 8.01. The van der Waals surface area contributed by atoms with Gasteiger partial charge in [0.2, 0.25) is 0 Å². The second-order valence-electron chi connectivity index (χ2n) is 4.96. The van der Waals surface area contributed by atoms with Crippen LogP contribution in [0.3, 0.4) is 0 Å². The van der Waals surface area contributed by atoms with Crippen molar-refractivity contribution in [2.45, 2.75) is 19.3 Å². The molecule has 0 amide bonds. The van der Waals surface area contributed by atoms with Crippen LogP contribution in [0.5, 0.6) is 0 Å². The lowest BCUT2D eigenvalue weighted by atomic mass is 9.46. The van der Waals surface area contributed by atoms with E-state index in [1.165, 1.54) is 6.42 Å². The van der Waals surface area contributed by atoms with Gasteiger partial charge >= 0.3 is 0 Å². The summed E-state index contributed by atoms with van der Waals surface area (Å²) in [5, 5.41) is 19.0. The maximum absolute atomic E-state index is 9.52. The quantitative estimate of drug-likeness (QED) is 0.621. The molecule has 2 heteroatoms. The van der Waals surface area contributed by atoms with Crippen LogP contribution in [0.15, 0.2) is 12.2 Å². The van der Waals surface area contributed by atoms with Gasteiger partial charge in [0.25, 0.3) is 0 Å². The molecule has 2 nitrogen and oxygen atoms in total. The zero-order valence-electron chi connectivity index (χ0n) is 7.74. The molecule has 0 aromatic carbocycles. The summed E-state index contributed by atoms with van der Waals surface area (Å²) < 4.78 is 0. The van der Waals surface area contributed by atoms with Crippen LogP contribution in [0.2, 0.25) is 0 Å². The Hall–Kier alpha value is -0.340. The van der Waals surface area contributed by atoms with Crippen molar-refractivity contribution in [3.63, 3.8) is 0 Å². The summed E-state index contributed by atoms with van der Waals surface area (Å²) in [7, 11) is 0. The molecule has 4 unspecified atom stereocenters. The Kier molecular flexibility index (Phi) is 1.34. The first-order valence-electron chi connectivity index (χ1n) is 5.19. The highest BCUT2D eigenvalue weighted by molar-refractivity contribution is 5.29. The zero-order valence-corrected chi connectivity index (χ0v) is 7.74. The van der Waals surface area contributed by atoms with Crippen molar-refractivity contribution in [1.29, 1.82) is 0 Å². The smallest absolute Gasteiger partial charge is 0.0499 e. The molecule has 13 heavy (non-hydrogen) atoms. The third-order valence-electron chi connectivity index (χ3n) is 5.08. The molecule has 0 aliphatic heterocycles. The van der Waals surface area contributed by atoms with Gasteiger partial charge in [0.15, 0.2) is 0 Å². The van der Waals surface area contributed by atoms with Crippen LogP contribution in [0, 0.1) is 22.7 Å². The molecule has 3 rings (SSSR count). The van der Waals surface area contributed by atoms with E-state index in [9.17, 15) is 10.2 Å². The average molecular weight is 180 g/mol. The highest BCUT2D eigenvalue weighted by Crippen LogP contribution is 2.73. The van der Waals surface area contributed by atoms with Gasteiger partial charge in [0.1, 0.15) is 0 Å². The summed E-state index contributed by atoms with van der Waals surface area (Å²) in [5.41, 5.74) is 0.113. The van der Waals surface area contributed by atoms with Crippen molar-refractivity contribution in [3.8, 4) is 0 Å². The Morgan fingerprint density at radius 1 is 1.00 bits per heavy atom. The largest absolute Gasteiger partial charge is 0.396 e. The van der Waals surface area contributed by atoms with Gasteiger partial charge in [-0.05, 0) is 31.1 Å². The molecule has 2 N–H and O–H groups in total. The van der Waals surface area contributed by atoms with Gasteiger partial charge in [-0.15, -0.1) is 0 Å². The summed E-state index contributed by atoms with van der Waals surface area (Å²) in [6.45, 7) is 0.526. The van der Waals surface area contributed by atoms with Gasteiger partial charge in [0, 0.05) is 24.0 Å². The molecule has 3 aliphatic rings. The van der Waals surface area contributed by atoms with E-state index < -0.39 is 0 Å². The summed E-state index contributed by atoms with van der Waals surface area (Å²) in [4.78, 5) is 0. The van der Waals surface area contributed by atoms with Gasteiger partial charge < -0.3 is 10.2 Å². The van der Waals surface area contributed by atoms with Crippen molar-refractivity contribution in [2.24, 2.45) is 22.7 Å². The molecule has 72 valence electrons. The van der Waals surface area contributed by atoms with Crippen molar-refractivity contribution >= 4 is 0 Å². The molecular formula is C11H16O2. The van der Waals surface area contributed by atoms with Crippen molar-refractivity contribution in [3.05, 3.63) is 12.2 Å². The van der Waals surface area contributed by atoms with E-state index in [1.54, 1.807) is 0 Å². The normalized spacial score (nSPS) is 56.5. The fraction of sp³-hybridized carbons (Fsp3) is 0.818. The standard InChI is InChI=1S/C11H16O2/c12-6-10-3-4-11(10,7-13)9-2-1-8(10)5-9/h1-2,8-9,12-13H,3-7H2. The molecule has 0 heterocycles. The van der Waals surface area contributed by atoms with E-state index >= 15 is 0 Å². The van der Waals surface area contributed by atoms with E-state index in [0.717, 1.165) is 12.8 Å². The molecule has 4 atom stereocenters. The molecule has 3 aliphatic carbocycles. The second-order valence-corrected chi connectivity index (χ2v) is 4.96. The Bertz CT molecular complexity index is 239. The van der Waals surface area contributed by atoms with E-state index in [0.29, 0.717) is 11.8 Å². The Morgan fingerprint density at radius 2 is 1.46 bits per heavy atom. The molecular weight excluding hydrogens is 164 g/mol. The number of fused-ring (bicyclic) bond motifs is 5. The predicted molar refractivity (Wildman–Crippen MR) is 49.0 cm³/mol. The van der Waals surface area contributed by atoms with Crippen LogP contribution in [0.4, 0.5) is 0 Å². The van der Waals surface area contributed by atoms with Crippen molar-refractivity contribution in [2.75, 3.05) is 13.2 Å². The monoisotopic (exact) mass is 180 g/mol. The van der Waals surface area contributed by atoms with Crippen LogP contribution in [-0.2, 0) is 0 Å². The van der Waals surface area contributed by atoms with E-state index in [4.69, 9.17) is 0 Å². The maximum Gasteiger partial charge on any atom is 0.0499 e. The second kappa shape index (κ2) is 2.18. The lowest BCUT2D eigenvalue weighted by Gasteiger charge is -2.59. The molecule has 0 aromatic rings. The SMILES string of the molecule is OCC12CCC1(CO)C1C=CC2C1. The number of rotatable bonds is 2. The Balaban J connectivity index is 2.07. The fourth-order valence-corrected chi connectivity index (χ4v) is 4.10. The third-order valence-corrected chi connectivity index (χ3v) is 5.08. The van der Waals surface area contributed by atoms with Crippen molar-refractivity contribution < 1.29 is 10.2 Å². The van der Waals surface area contributed by atoms with Gasteiger partial charge in [0.05, 0.1) is 0 Å². The number of aliphatic hydroxyl groups is 2. The predicted octanol–water partition coefficient (Wildman–Crippen LogP) is 0.944. The Labute approximate surface area is 78.3 Å². The molecule has 2 saturated carbocycles. The number of allylic oxidation sites excluding steroid dienone is 2. The van der Waals surface area contributed by atoms with Gasteiger partial charge in [-0.3, -0.25) is 0 Å². The van der Waals surface area contributed by atoms with Gasteiger partial charge in [-0.25, -0.2) is 0 Å². The van der Waals surface area contributed by atoms with Crippen LogP contribution >= 0.6 is 0 Å². The van der Waals surface area contributed by atoms with E-state index in [1.807, 2.05) is 0 Å². The minimum Gasteiger partial charge on any atom is -0.396 e. The molecule has 2 fully saturated rings. The molecule has 0 spiro atoms. The van der Waals surface area contributed by atoms with Crippen LogP contribution in [-0.4, -0.2) is 23.4 Å². The Morgan fingerprint density at radius 3 is 1.77 bits per heavy atom. The van der Waals surface area contributed by atoms with Crippen LogP contribution in [0.25, 0.3) is 0 Å². The zero-order chi connectivity index (χ0) is 9.10. The summed E-state index contributed by atoms with van der Waals surface area (Å²) in [6.07, 6.45) is 7.90. The lowest BCUT2D eigenvalue weighted by molar-refractivity contribution is -0.149. The summed E-state index contributed by atoms with van der Waals surface area (Å²) in [6, 6.07) is 0. The summed E-state index contributed by atoms with van der Waals surface area (Å²) >= 11 is 0. The molecule has 0 radical (unpaired) electrons.